The monoisotopic (exact) mass is 202 g/mol. The van der Waals surface area contributed by atoms with Crippen molar-refractivity contribution < 1.29 is 9.50 Å². The molecule has 15 heavy (non-hydrogen) atoms. The average Bonchev–Trinajstić information content (AvgIpc) is 2.30. The van der Waals surface area contributed by atoms with Crippen molar-refractivity contribution in [1.82, 2.24) is 0 Å². The number of hydrogen-bond donors (Lipinski definition) is 1. The van der Waals surface area contributed by atoms with Gasteiger partial charge in [-0.3, -0.25) is 0 Å². The third-order valence-corrected chi connectivity index (χ3v) is 2.31. The zero-order valence-corrected chi connectivity index (χ0v) is 8.15. The number of aromatic hydroxyl groups is 1. The topological polar surface area (TPSA) is 20.2 Å². The first-order chi connectivity index (χ1) is 7.29. The molecule has 0 aromatic heterocycles. The molecule has 0 aliphatic heterocycles. The van der Waals surface area contributed by atoms with Crippen molar-refractivity contribution in [2.45, 2.75) is 6.67 Å². The molecule has 0 saturated carbocycles. The Bertz CT molecular complexity index is 431. The number of phenols is 1. The summed E-state index contributed by atoms with van der Waals surface area (Å²) in [4.78, 5) is 0. The van der Waals surface area contributed by atoms with E-state index in [0.717, 1.165) is 11.1 Å². The zero-order valence-electron chi connectivity index (χ0n) is 8.15. The van der Waals surface area contributed by atoms with Crippen LogP contribution < -0.4 is 0 Å². The molecule has 0 fully saturated rings. The van der Waals surface area contributed by atoms with Crippen LogP contribution in [0.1, 0.15) is 5.56 Å². The molecular formula is C13H11FO. The smallest absolute Gasteiger partial charge is 0.115 e. The van der Waals surface area contributed by atoms with Gasteiger partial charge < -0.3 is 5.11 Å². The lowest BCUT2D eigenvalue weighted by Gasteiger charge is -2.02. The van der Waals surface area contributed by atoms with Crippen LogP contribution in [0.15, 0.2) is 48.5 Å². The predicted octanol–water partition coefficient (Wildman–Crippen LogP) is 3.53. The highest BCUT2D eigenvalue weighted by Crippen LogP contribution is 2.22. The molecule has 0 radical (unpaired) electrons. The maximum absolute atomic E-state index is 12.3. The molecule has 0 bridgehead atoms. The fourth-order valence-corrected chi connectivity index (χ4v) is 1.44. The summed E-state index contributed by atoms with van der Waals surface area (Å²) in [5.74, 6) is 0.249. The van der Waals surface area contributed by atoms with E-state index in [-0.39, 0.29) is 5.75 Å². The van der Waals surface area contributed by atoms with E-state index >= 15 is 0 Å². The number of alkyl halides is 1. The van der Waals surface area contributed by atoms with Crippen LogP contribution in [0.3, 0.4) is 0 Å². The molecule has 76 valence electrons. The van der Waals surface area contributed by atoms with Crippen LogP contribution in [0, 0.1) is 0 Å². The van der Waals surface area contributed by atoms with E-state index in [1.54, 1.807) is 24.3 Å². The van der Waals surface area contributed by atoms with E-state index in [1.807, 2.05) is 24.3 Å². The highest BCUT2D eigenvalue weighted by atomic mass is 19.1. The lowest BCUT2D eigenvalue weighted by molar-refractivity contribution is 0.475. The molecule has 0 atom stereocenters. The number of benzene rings is 2. The number of halogens is 1. The Morgan fingerprint density at radius 1 is 0.800 bits per heavy atom. The van der Waals surface area contributed by atoms with Gasteiger partial charge in [0.1, 0.15) is 12.4 Å². The molecule has 1 nitrogen and oxygen atoms in total. The lowest BCUT2D eigenvalue weighted by Crippen LogP contribution is -1.80. The largest absolute Gasteiger partial charge is 0.508 e. The highest BCUT2D eigenvalue weighted by Gasteiger charge is 1.97. The van der Waals surface area contributed by atoms with Gasteiger partial charge in [-0.05, 0) is 28.8 Å². The molecule has 2 aromatic rings. The second-order valence-corrected chi connectivity index (χ2v) is 3.38. The third-order valence-electron chi connectivity index (χ3n) is 2.31. The van der Waals surface area contributed by atoms with E-state index in [9.17, 15) is 4.39 Å². The van der Waals surface area contributed by atoms with Crippen molar-refractivity contribution in [3.8, 4) is 16.9 Å². The van der Waals surface area contributed by atoms with E-state index in [0.29, 0.717) is 5.56 Å². The molecule has 0 spiro atoms. The minimum atomic E-state index is -0.435. The fourth-order valence-electron chi connectivity index (χ4n) is 1.44. The summed E-state index contributed by atoms with van der Waals surface area (Å²) in [7, 11) is 0. The Hall–Kier alpha value is -1.83. The maximum atomic E-state index is 12.3. The molecule has 2 rings (SSSR count). The van der Waals surface area contributed by atoms with Gasteiger partial charge in [-0.1, -0.05) is 36.4 Å². The zero-order chi connectivity index (χ0) is 10.7. The molecule has 1 N–H and O–H groups in total. The second-order valence-electron chi connectivity index (χ2n) is 3.38. The van der Waals surface area contributed by atoms with Gasteiger partial charge in [0.25, 0.3) is 0 Å². The van der Waals surface area contributed by atoms with Crippen molar-refractivity contribution in [3.63, 3.8) is 0 Å². The first-order valence-electron chi connectivity index (χ1n) is 4.74. The Morgan fingerprint density at radius 2 is 1.27 bits per heavy atom. The summed E-state index contributed by atoms with van der Waals surface area (Å²) in [5, 5.41) is 9.14. The van der Waals surface area contributed by atoms with Gasteiger partial charge in [-0.25, -0.2) is 4.39 Å². The summed E-state index contributed by atoms with van der Waals surface area (Å²) in [5.41, 5.74) is 2.71. The molecular weight excluding hydrogens is 191 g/mol. The van der Waals surface area contributed by atoms with Crippen molar-refractivity contribution in [3.05, 3.63) is 54.1 Å². The standard InChI is InChI=1S/C13H11FO/c14-9-10-1-3-11(4-2-10)12-5-7-13(15)8-6-12/h1-8,15H,9H2. The van der Waals surface area contributed by atoms with Gasteiger partial charge in [0.05, 0.1) is 0 Å². The summed E-state index contributed by atoms with van der Waals surface area (Å²) in [6.45, 7) is -0.435. The summed E-state index contributed by atoms with van der Waals surface area (Å²) in [6, 6.07) is 14.2. The SMILES string of the molecule is Oc1ccc(-c2ccc(CF)cc2)cc1. The Kier molecular flexibility index (Phi) is 2.68. The quantitative estimate of drug-likeness (QED) is 0.789. The first-order valence-corrected chi connectivity index (χ1v) is 4.74. The van der Waals surface area contributed by atoms with Gasteiger partial charge >= 0.3 is 0 Å². The van der Waals surface area contributed by atoms with Crippen LogP contribution in [0.25, 0.3) is 11.1 Å². The van der Waals surface area contributed by atoms with Crippen LogP contribution in [0.2, 0.25) is 0 Å². The van der Waals surface area contributed by atoms with Crippen molar-refractivity contribution in [2.75, 3.05) is 0 Å². The molecule has 2 aromatic carbocycles. The van der Waals surface area contributed by atoms with Crippen LogP contribution >= 0.6 is 0 Å². The van der Waals surface area contributed by atoms with Crippen molar-refractivity contribution in [2.24, 2.45) is 0 Å². The molecule has 0 heterocycles. The van der Waals surface area contributed by atoms with E-state index < -0.39 is 6.67 Å². The first kappa shape index (κ1) is 9.71. The number of rotatable bonds is 2. The third kappa shape index (κ3) is 2.15. The highest BCUT2D eigenvalue weighted by molar-refractivity contribution is 5.64. The van der Waals surface area contributed by atoms with Gasteiger partial charge in [0.15, 0.2) is 0 Å². The van der Waals surface area contributed by atoms with Crippen LogP contribution in [-0.4, -0.2) is 5.11 Å². The van der Waals surface area contributed by atoms with Crippen LogP contribution in [0.5, 0.6) is 5.75 Å². The van der Waals surface area contributed by atoms with Crippen molar-refractivity contribution in [1.29, 1.82) is 0 Å². The van der Waals surface area contributed by atoms with E-state index in [2.05, 4.69) is 0 Å². The molecule has 0 saturated heterocycles. The van der Waals surface area contributed by atoms with Crippen molar-refractivity contribution >= 4 is 0 Å². The minimum Gasteiger partial charge on any atom is -0.508 e. The normalized spacial score (nSPS) is 10.2. The van der Waals surface area contributed by atoms with Gasteiger partial charge in [0, 0.05) is 0 Å². The molecule has 0 unspecified atom stereocenters. The molecule has 0 amide bonds. The van der Waals surface area contributed by atoms with Gasteiger partial charge in [0.2, 0.25) is 0 Å². The Morgan fingerprint density at radius 3 is 1.73 bits per heavy atom. The summed E-state index contributed by atoms with van der Waals surface area (Å²) >= 11 is 0. The van der Waals surface area contributed by atoms with Gasteiger partial charge in [-0.15, -0.1) is 0 Å². The summed E-state index contributed by atoms with van der Waals surface area (Å²) in [6.07, 6.45) is 0. The lowest BCUT2D eigenvalue weighted by atomic mass is 10.0. The minimum absolute atomic E-state index is 0.249. The second kappa shape index (κ2) is 4.13. The summed E-state index contributed by atoms with van der Waals surface area (Å²) < 4.78 is 12.3. The molecule has 0 aliphatic carbocycles. The Balaban J connectivity index is 2.33. The predicted molar refractivity (Wildman–Crippen MR) is 58.4 cm³/mol. The number of phenolic OH excluding ortho intramolecular Hbond substituents is 1. The average molecular weight is 202 g/mol. The fraction of sp³-hybridized carbons (Fsp3) is 0.0769. The van der Waals surface area contributed by atoms with E-state index in [4.69, 9.17) is 5.11 Å². The van der Waals surface area contributed by atoms with E-state index in [1.165, 1.54) is 0 Å². The Labute approximate surface area is 87.8 Å². The van der Waals surface area contributed by atoms with Gasteiger partial charge in [-0.2, -0.15) is 0 Å². The molecule has 0 aliphatic rings. The molecule has 2 heteroatoms. The van der Waals surface area contributed by atoms with Crippen LogP contribution in [-0.2, 0) is 6.67 Å². The number of hydrogen-bond acceptors (Lipinski definition) is 1. The maximum Gasteiger partial charge on any atom is 0.115 e. The van der Waals surface area contributed by atoms with Crippen LogP contribution in [0.4, 0.5) is 4.39 Å².